The molecule has 0 aliphatic rings. The Kier molecular flexibility index (Phi) is 4.15. The molecule has 3 aromatic rings. The van der Waals surface area contributed by atoms with Crippen molar-refractivity contribution in [1.29, 1.82) is 0 Å². The van der Waals surface area contributed by atoms with Gasteiger partial charge in [0.05, 0.1) is 5.69 Å². The minimum absolute atomic E-state index is 0.156. The van der Waals surface area contributed by atoms with Crippen molar-refractivity contribution in [2.75, 3.05) is 5.32 Å². The van der Waals surface area contributed by atoms with Crippen molar-refractivity contribution in [3.63, 3.8) is 0 Å². The summed E-state index contributed by atoms with van der Waals surface area (Å²) < 4.78 is 40.4. The third kappa shape index (κ3) is 3.43. The van der Waals surface area contributed by atoms with Gasteiger partial charge >= 0.3 is 6.18 Å². The number of aromatic amines is 1. The first-order valence-corrected chi connectivity index (χ1v) is 7.69. The molecule has 0 unspecified atom stereocenters. The molecule has 2 N–H and O–H groups in total. The molecule has 0 saturated carbocycles. The number of fused-ring (bicyclic) bond motifs is 1. The molecule has 1 aromatic carbocycles. The predicted molar refractivity (Wildman–Crippen MR) is 88.4 cm³/mol. The topological polar surface area (TPSA) is 79.8 Å². The van der Waals surface area contributed by atoms with Gasteiger partial charge in [0.15, 0.2) is 11.1 Å². The number of aromatic nitrogens is 3. The minimum Gasteiger partial charge on any atom is -0.350 e. The molecule has 130 valence electrons. The SMILES string of the molecule is Cn1cc(NC(=O)c2cc(=O)c3cc(Br)ccc3[nH]2)c(C(F)(F)F)n1. The van der Waals surface area contributed by atoms with Gasteiger partial charge in [-0.3, -0.25) is 14.3 Å². The molecule has 3 rings (SSSR count). The summed E-state index contributed by atoms with van der Waals surface area (Å²) in [6.45, 7) is 0. The van der Waals surface area contributed by atoms with E-state index in [1.807, 2.05) is 0 Å². The number of hydrogen-bond donors (Lipinski definition) is 2. The van der Waals surface area contributed by atoms with Crippen molar-refractivity contribution in [2.24, 2.45) is 7.05 Å². The molecular weight excluding hydrogens is 405 g/mol. The van der Waals surface area contributed by atoms with E-state index in [1.165, 1.54) is 7.05 Å². The monoisotopic (exact) mass is 414 g/mol. The van der Waals surface area contributed by atoms with Gasteiger partial charge in [0.2, 0.25) is 0 Å². The first kappa shape index (κ1) is 17.2. The lowest BCUT2D eigenvalue weighted by Crippen LogP contribution is -2.19. The number of carbonyl (C=O) groups is 1. The van der Waals surface area contributed by atoms with Gasteiger partial charge in [-0.25, -0.2) is 0 Å². The zero-order valence-electron chi connectivity index (χ0n) is 12.6. The molecule has 25 heavy (non-hydrogen) atoms. The Labute approximate surface area is 146 Å². The van der Waals surface area contributed by atoms with Crippen LogP contribution in [0.5, 0.6) is 0 Å². The van der Waals surface area contributed by atoms with Gasteiger partial charge in [0.25, 0.3) is 5.91 Å². The molecule has 0 fully saturated rings. The molecule has 10 heteroatoms. The normalized spacial score (nSPS) is 11.7. The zero-order chi connectivity index (χ0) is 18.4. The number of halogens is 4. The first-order valence-electron chi connectivity index (χ1n) is 6.90. The molecule has 0 aliphatic heterocycles. The predicted octanol–water partition coefficient (Wildman–Crippen LogP) is 3.30. The second-order valence-corrected chi connectivity index (χ2v) is 6.17. The van der Waals surface area contributed by atoms with Crippen LogP contribution in [0.4, 0.5) is 18.9 Å². The number of nitrogens with one attached hydrogen (secondary N) is 2. The minimum atomic E-state index is -4.72. The summed E-state index contributed by atoms with van der Waals surface area (Å²) in [5.74, 6) is -0.875. The van der Waals surface area contributed by atoms with Gasteiger partial charge in [-0.05, 0) is 18.2 Å². The Morgan fingerprint density at radius 3 is 2.72 bits per heavy atom. The number of aryl methyl sites for hydroxylation is 1. The summed E-state index contributed by atoms with van der Waals surface area (Å²) in [6, 6.07) is 5.87. The Hall–Kier alpha value is -2.62. The van der Waals surface area contributed by atoms with Crippen molar-refractivity contribution in [2.45, 2.75) is 6.18 Å². The van der Waals surface area contributed by atoms with Gasteiger partial charge in [0, 0.05) is 34.7 Å². The number of alkyl halides is 3. The van der Waals surface area contributed by atoms with Crippen LogP contribution < -0.4 is 10.7 Å². The number of benzene rings is 1. The Morgan fingerprint density at radius 1 is 1.32 bits per heavy atom. The van der Waals surface area contributed by atoms with E-state index < -0.39 is 28.9 Å². The van der Waals surface area contributed by atoms with Gasteiger partial charge in [-0.2, -0.15) is 18.3 Å². The lowest BCUT2D eigenvalue weighted by molar-refractivity contribution is -0.140. The van der Waals surface area contributed by atoms with E-state index in [0.29, 0.717) is 15.4 Å². The van der Waals surface area contributed by atoms with Crippen molar-refractivity contribution in [1.82, 2.24) is 14.8 Å². The van der Waals surface area contributed by atoms with Crippen LogP contribution in [0.2, 0.25) is 0 Å². The maximum atomic E-state index is 12.9. The second-order valence-electron chi connectivity index (χ2n) is 5.25. The van der Waals surface area contributed by atoms with Crippen LogP contribution in [0.25, 0.3) is 10.9 Å². The highest BCUT2D eigenvalue weighted by molar-refractivity contribution is 9.10. The third-order valence-electron chi connectivity index (χ3n) is 3.38. The van der Waals surface area contributed by atoms with E-state index in [9.17, 15) is 22.8 Å². The van der Waals surface area contributed by atoms with Crippen LogP contribution in [0.1, 0.15) is 16.2 Å². The van der Waals surface area contributed by atoms with Crippen LogP contribution >= 0.6 is 15.9 Å². The largest absolute Gasteiger partial charge is 0.437 e. The lowest BCUT2D eigenvalue weighted by Gasteiger charge is -2.08. The molecule has 0 saturated heterocycles. The number of H-pyrrole nitrogens is 1. The second kappa shape index (κ2) is 6.03. The highest BCUT2D eigenvalue weighted by Crippen LogP contribution is 2.33. The molecule has 0 aliphatic carbocycles. The fourth-order valence-electron chi connectivity index (χ4n) is 2.32. The van der Waals surface area contributed by atoms with Crippen LogP contribution in [0.15, 0.2) is 39.7 Å². The van der Waals surface area contributed by atoms with E-state index >= 15 is 0 Å². The number of anilines is 1. The smallest absolute Gasteiger partial charge is 0.350 e. The average molecular weight is 415 g/mol. The van der Waals surface area contributed by atoms with Crippen LogP contribution in [-0.4, -0.2) is 20.7 Å². The fraction of sp³-hybridized carbons (Fsp3) is 0.133. The summed E-state index contributed by atoms with van der Waals surface area (Å²) in [7, 11) is 1.31. The first-order chi connectivity index (χ1) is 11.6. The molecule has 1 amide bonds. The average Bonchev–Trinajstić information content (AvgIpc) is 2.88. The zero-order valence-corrected chi connectivity index (χ0v) is 14.2. The van der Waals surface area contributed by atoms with E-state index in [4.69, 9.17) is 0 Å². The maximum absolute atomic E-state index is 12.9. The Bertz CT molecular complexity index is 1040. The van der Waals surface area contributed by atoms with Gasteiger partial charge in [0.1, 0.15) is 5.69 Å². The number of rotatable bonds is 2. The fourth-order valence-corrected chi connectivity index (χ4v) is 2.68. The summed E-state index contributed by atoms with van der Waals surface area (Å²) >= 11 is 3.24. The van der Waals surface area contributed by atoms with E-state index in [1.54, 1.807) is 18.2 Å². The number of carbonyl (C=O) groups excluding carboxylic acids is 1. The Balaban J connectivity index is 1.99. The van der Waals surface area contributed by atoms with Crippen molar-refractivity contribution >= 4 is 38.4 Å². The molecular formula is C15H10BrF3N4O2. The van der Waals surface area contributed by atoms with Gasteiger partial charge < -0.3 is 10.3 Å². The summed E-state index contributed by atoms with van der Waals surface area (Å²) in [5.41, 5.74) is -1.89. The van der Waals surface area contributed by atoms with Gasteiger partial charge in [-0.15, -0.1) is 0 Å². The van der Waals surface area contributed by atoms with Crippen LogP contribution in [0.3, 0.4) is 0 Å². The lowest BCUT2D eigenvalue weighted by atomic mass is 10.2. The number of pyridine rings is 1. The summed E-state index contributed by atoms with van der Waals surface area (Å²) in [5, 5.41) is 5.79. The third-order valence-corrected chi connectivity index (χ3v) is 3.88. The molecule has 0 radical (unpaired) electrons. The van der Waals surface area contributed by atoms with Crippen LogP contribution in [-0.2, 0) is 13.2 Å². The summed E-state index contributed by atoms with van der Waals surface area (Å²) in [6.07, 6.45) is -3.68. The highest BCUT2D eigenvalue weighted by atomic mass is 79.9. The van der Waals surface area contributed by atoms with Gasteiger partial charge in [-0.1, -0.05) is 15.9 Å². The van der Waals surface area contributed by atoms with Crippen molar-refractivity contribution in [3.8, 4) is 0 Å². The number of nitrogens with zero attached hydrogens (tertiary/aromatic N) is 2. The van der Waals surface area contributed by atoms with E-state index in [2.05, 4.69) is 31.3 Å². The summed E-state index contributed by atoms with van der Waals surface area (Å²) in [4.78, 5) is 27.1. The highest BCUT2D eigenvalue weighted by Gasteiger charge is 2.37. The van der Waals surface area contributed by atoms with Crippen molar-refractivity contribution < 1.29 is 18.0 Å². The quantitative estimate of drug-likeness (QED) is 0.674. The van der Waals surface area contributed by atoms with E-state index in [-0.39, 0.29) is 5.69 Å². The van der Waals surface area contributed by atoms with Crippen molar-refractivity contribution in [3.05, 3.63) is 56.5 Å². The molecule has 0 spiro atoms. The molecule has 6 nitrogen and oxygen atoms in total. The standard InChI is InChI=1S/C15H10BrF3N4O2/c1-23-6-11(13(22-23)15(17,18)19)21-14(25)10-5-12(24)8-4-7(16)2-3-9(8)20-10/h2-6H,1H3,(H,20,24)(H,21,25). The van der Waals surface area contributed by atoms with E-state index in [0.717, 1.165) is 16.9 Å². The Morgan fingerprint density at radius 2 is 2.04 bits per heavy atom. The molecule has 2 heterocycles. The molecule has 2 aromatic heterocycles. The number of hydrogen-bond acceptors (Lipinski definition) is 3. The number of amides is 1. The molecule has 0 atom stereocenters. The molecule has 0 bridgehead atoms. The van der Waals surface area contributed by atoms with Crippen LogP contribution in [0, 0.1) is 0 Å². The maximum Gasteiger partial charge on any atom is 0.437 e.